The van der Waals surface area contributed by atoms with Crippen molar-refractivity contribution >= 4 is 5.91 Å². The zero-order chi connectivity index (χ0) is 16.5. The van der Waals surface area contributed by atoms with E-state index in [-0.39, 0.29) is 12.0 Å². The monoisotopic (exact) mass is 327 g/mol. The summed E-state index contributed by atoms with van der Waals surface area (Å²) in [4.78, 5) is 23.5. The number of hydrogen-bond donors (Lipinski definition) is 1. The molecule has 1 atom stereocenters. The number of H-pyrrole nitrogens is 1. The molecule has 7 heteroatoms. The number of carbonyl (C=O) groups excluding carboxylic acids is 1. The Balaban J connectivity index is 1.54. The maximum absolute atomic E-state index is 12.9. The number of nitrogens with zero attached hydrogens (tertiary/aromatic N) is 4. The van der Waals surface area contributed by atoms with E-state index in [1.54, 1.807) is 6.20 Å². The first-order valence-electron chi connectivity index (χ1n) is 8.49. The molecule has 0 radical (unpaired) electrons. The van der Waals surface area contributed by atoms with Crippen LogP contribution < -0.4 is 0 Å². The Hall–Kier alpha value is -2.28. The molecule has 0 bridgehead atoms. The SMILES string of the molecule is Cc1ccnc(C2CN(C(=O)c3n[nH]c4c3CCCC4)CCO2)n1. The molecule has 4 rings (SSSR count). The number of carbonyl (C=O) groups is 1. The van der Waals surface area contributed by atoms with Crippen LogP contribution in [0.3, 0.4) is 0 Å². The van der Waals surface area contributed by atoms with Crippen molar-refractivity contribution in [1.82, 2.24) is 25.1 Å². The Kier molecular flexibility index (Phi) is 4.02. The van der Waals surface area contributed by atoms with Crippen LogP contribution >= 0.6 is 0 Å². The van der Waals surface area contributed by atoms with Crippen molar-refractivity contribution in [2.45, 2.75) is 38.7 Å². The largest absolute Gasteiger partial charge is 0.367 e. The molecule has 24 heavy (non-hydrogen) atoms. The van der Waals surface area contributed by atoms with Crippen LogP contribution in [0.1, 0.15) is 52.2 Å². The number of aromatic nitrogens is 4. The Morgan fingerprint density at radius 2 is 2.25 bits per heavy atom. The number of nitrogens with one attached hydrogen (secondary N) is 1. The van der Waals surface area contributed by atoms with Gasteiger partial charge in [-0.05, 0) is 38.7 Å². The summed E-state index contributed by atoms with van der Waals surface area (Å²) < 4.78 is 5.78. The van der Waals surface area contributed by atoms with Gasteiger partial charge in [0.1, 0.15) is 6.10 Å². The van der Waals surface area contributed by atoms with Crippen LogP contribution in [-0.2, 0) is 17.6 Å². The Morgan fingerprint density at radius 1 is 1.38 bits per heavy atom. The fraction of sp³-hybridized carbons (Fsp3) is 0.529. The van der Waals surface area contributed by atoms with Crippen molar-refractivity contribution < 1.29 is 9.53 Å². The predicted molar refractivity (Wildman–Crippen MR) is 86.6 cm³/mol. The molecular formula is C17H21N5O2. The summed E-state index contributed by atoms with van der Waals surface area (Å²) in [7, 11) is 0. The van der Waals surface area contributed by atoms with Crippen molar-refractivity contribution in [2.24, 2.45) is 0 Å². The van der Waals surface area contributed by atoms with Crippen LogP contribution in [0.25, 0.3) is 0 Å². The van der Waals surface area contributed by atoms with E-state index in [0.29, 0.717) is 31.2 Å². The smallest absolute Gasteiger partial charge is 0.274 e. The van der Waals surface area contributed by atoms with E-state index in [2.05, 4.69) is 20.2 Å². The van der Waals surface area contributed by atoms with Gasteiger partial charge < -0.3 is 9.64 Å². The number of morpholine rings is 1. The summed E-state index contributed by atoms with van der Waals surface area (Å²) in [5, 5.41) is 7.34. The molecule has 1 saturated heterocycles. The van der Waals surface area contributed by atoms with Gasteiger partial charge in [0.2, 0.25) is 0 Å². The van der Waals surface area contributed by atoms with E-state index in [9.17, 15) is 4.79 Å². The Labute approximate surface area is 140 Å². The molecule has 0 saturated carbocycles. The predicted octanol–water partition coefficient (Wildman–Crippen LogP) is 1.60. The number of ether oxygens (including phenoxy) is 1. The molecule has 1 unspecified atom stereocenters. The lowest BCUT2D eigenvalue weighted by Gasteiger charge is -2.32. The minimum atomic E-state index is -0.280. The van der Waals surface area contributed by atoms with Crippen LogP contribution in [0.4, 0.5) is 0 Å². The molecular weight excluding hydrogens is 306 g/mol. The Morgan fingerprint density at radius 3 is 3.12 bits per heavy atom. The maximum Gasteiger partial charge on any atom is 0.274 e. The molecule has 1 fully saturated rings. The van der Waals surface area contributed by atoms with Gasteiger partial charge in [-0.15, -0.1) is 0 Å². The zero-order valence-electron chi connectivity index (χ0n) is 13.8. The molecule has 1 aliphatic heterocycles. The van der Waals surface area contributed by atoms with E-state index in [1.165, 1.54) is 0 Å². The second kappa shape index (κ2) is 6.32. The van der Waals surface area contributed by atoms with Crippen LogP contribution in [0.5, 0.6) is 0 Å². The number of hydrogen-bond acceptors (Lipinski definition) is 5. The summed E-state index contributed by atoms with van der Waals surface area (Å²) in [6.07, 6.45) is 5.65. The molecule has 1 N–H and O–H groups in total. The second-order valence-corrected chi connectivity index (χ2v) is 6.40. The number of aromatic amines is 1. The molecule has 2 aromatic rings. The average molecular weight is 327 g/mol. The lowest BCUT2D eigenvalue weighted by atomic mass is 9.95. The quantitative estimate of drug-likeness (QED) is 0.906. The van der Waals surface area contributed by atoms with Gasteiger partial charge in [-0.3, -0.25) is 9.89 Å². The minimum absolute atomic E-state index is 0.0182. The van der Waals surface area contributed by atoms with Gasteiger partial charge in [0.05, 0.1) is 13.2 Å². The highest BCUT2D eigenvalue weighted by molar-refractivity contribution is 5.94. The molecule has 0 aromatic carbocycles. The van der Waals surface area contributed by atoms with Gasteiger partial charge in [-0.25, -0.2) is 9.97 Å². The van der Waals surface area contributed by atoms with Crippen LogP contribution in [0, 0.1) is 6.92 Å². The summed E-state index contributed by atoms with van der Waals surface area (Å²) in [6, 6.07) is 1.85. The highest BCUT2D eigenvalue weighted by atomic mass is 16.5. The third-order valence-electron chi connectivity index (χ3n) is 4.71. The topological polar surface area (TPSA) is 84.0 Å². The van der Waals surface area contributed by atoms with Crippen LogP contribution in [-0.4, -0.2) is 50.7 Å². The van der Waals surface area contributed by atoms with Gasteiger partial charge in [0.15, 0.2) is 11.5 Å². The lowest BCUT2D eigenvalue weighted by Crippen LogP contribution is -2.43. The van der Waals surface area contributed by atoms with E-state index in [1.807, 2.05) is 17.9 Å². The minimum Gasteiger partial charge on any atom is -0.367 e. The number of aryl methyl sites for hydroxylation is 2. The van der Waals surface area contributed by atoms with Gasteiger partial charge >= 0.3 is 0 Å². The van der Waals surface area contributed by atoms with E-state index in [0.717, 1.165) is 42.6 Å². The molecule has 3 heterocycles. The number of fused-ring (bicyclic) bond motifs is 1. The molecule has 126 valence electrons. The van der Waals surface area contributed by atoms with E-state index in [4.69, 9.17) is 4.74 Å². The van der Waals surface area contributed by atoms with Crippen molar-refractivity contribution in [2.75, 3.05) is 19.7 Å². The van der Waals surface area contributed by atoms with E-state index >= 15 is 0 Å². The normalized spacial score (nSPS) is 20.7. The van der Waals surface area contributed by atoms with Crippen molar-refractivity contribution in [1.29, 1.82) is 0 Å². The molecule has 7 nitrogen and oxygen atoms in total. The van der Waals surface area contributed by atoms with Gasteiger partial charge in [-0.2, -0.15) is 5.10 Å². The first-order valence-corrected chi connectivity index (χ1v) is 8.49. The summed E-state index contributed by atoms with van der Waals surface area (Å²) >= 11 is 0. The molecule has 2 aromatic heterocycles. The summed E-state index contributed by atoms with van der Waals surface area (Å²) in [5.41, 5.74) is 3.70. The highest BCUT2D eigenvalue weighted by Crippen LogP contribution is 2.25. The molecule has 0 spiro atoms. The van der Waals surface area contributed by atoms with Crippen molar-refractivity contribution in [3.05, 3.63) is 40.7 Å². The first kappa shape index (κ1) is 15.3. The van der Waals surface area contributed by atoms with Gasteiger partial charge in [-0.1, -0.05) is 0 Å². The standard InChI is InChI=1S/C17H21N5O2/c1-11-6-7-18-16(19-11)14-10-22(8-9-24-14)17(23)15-12-4-2-3-5-13(12)20-21-15/h6-7,14H,2-5,8-10H2,1H3,(H,20,21). The highest BCUT2D eigenvalue weighted by Gasteiger charge is 2.31. The average Bonchev–Trinajstić information content (AvgIpc) is 3.05. The number of rotatable bonds is 2. The summed E-state index contributed by atoms with van der Waals surface area (Å²) in [5.74, 6) is 0.618. The maximum atomic E-state index is 12.9. The third-order valence-corrected chi connectivity index (χ3v) is 4.71. The fourth-order valence-electron chi connectivity index (χ4n) is 3.42. The van der Waals surface area contributed by atoms with Crippen molar-refractivity contribution in [3.8, 4) is 0 Å². The van der Waals surface area contributed by atoms with Crippen LogP contribution in [0.2, 0.25) is 0 Å². The Bertz CT molecular complexity index is 757. The van der Waals surface area contributed by atoms with Crippen LogP contribution in [0.15, 0.2) is 12.3 Å². The van der Waals surface area contributed by atoms with Crippen molar-refractivity contribution in [3.63, 3.8) is 0 Å². The number of amides is 1. The molecule has 1 amide bonds. The zero-order valence-corrected chi connectivity index (χ0v) is 13.8. The third kappa shape index (κ3) is 2.80. The van der Waals surface area contributed by atoms with E-state index < -0.39 is 0 Å². The first-order chi connectivity index (χ1) is 11.7. The summed E-state index contributed by atoms with van der Waals surface area (Å²) in [6.45, 7) is 3.44. The van der Waals surface area contributed by atoms with Gasteiger partial charge in [0, 0.05) is 29.7 Å². The molecule has 2 aliphatic rings. The van der Waals surface area contributed by atoms with Gasteiger partial charge in [0.25, 0.3) is 5.91 Å². The lowest BCUT2D eigenvalue weighted by molar-refractivity contribution is -0.0271. The second-order valence-electron chi connectivity index (χ2n) is 6.40. The molecule has 1 aliphatic carbocycles. The fourth-order valence-corrected chi connectivity index (χ4v) is 3.42.